The third-order valence-corrected chi connectivity index (χ3v) is 7.14. The maximum Gasteiger partial charge on any atom is 0.227 e. The van der Waals surface area contributed by atoms with E-state index < -0.39 is 0 Å². The van der Waals surface area contributed by atoms with Crippen LogP contribution in [0.25, 0.3) is 54.5 Å². The molecule has 0 aliphatic rings. The maximum atomic E-state index is 13.4. The van der Waals surface area contributed by atoms with Crippen LogP contribution < -0.4 is 4.57 Å². The van der Waals surface area contributed by atoms with Gasteiger partial charge in [-0.2, -0.15) is 4.57 Å². The molecule has 35 heavy (non-hydrogen) atoms. The van der Waals surface area contributed by atoms with Crippen LogP contribution in [0.2, 0.25) is 0 Å². The van der Waals surface area contributed by atoms with Gasteiger partial charge in [-0.15, -0.1) is 0 Å². The molecule has 0 atom stereocenters. The summed E-state index contributed by atoms with van der Waals surface area (Å²) in [6.45, 7) is 0.280. The Morgan fingerprint density at radius 3 is 2.00 bits per heavy atom. The van der Waals surface area contributed by atoms with E-state index in [1.165, 1.54) is 32.3 Å². The molecule has 2 heteroatoms. The molecule has 164 valence electrons. The second-order valence-electron chi connectivity index (χ2n) is 9.12. The van der Waals surface area contributed by atoms with Crippen molar-refractivity contribution in [2.45, 2.75) is 6.54 Å². The van der Waals surface area contributed by atoms with Gasteiger partial charge in [0.25, 0.3) is 0 Å². The number of Topliss-reactive ketones (excluding diaryl/α,β-unsaturated/α-hetero) is 1. The Labute approximate surface area is 203 Å². The molecule has 1 aromatic heterocycles. The second kappa shape index (κ2) is 7.75. The number of nitrogens with zero attached hydrogens (tertiary/aromatic N) is 1. The summed E-state index contributed by atoms with van der Waals surface area (Å²) in [4.78, 5) is 13.4. The molecule has 0 fully saturated rings. The largest absolute Gasteiger partial charge is 0.287 e. The first kappa shape index (κ1) is 19.9. The number of benzene rings is 6. The Morgan fingerprint density at radius 2 is 1.17 bits per heavy atom. The third-order valence-electron chi connectivity index (χ3n) is 7.14. The number of hydrogen-bond donors (Lipinski definition) is 0. The number of hydrogen-bond acceptors (Lipinski definition) is 1. The lowest BCUT2D eigenvalue weighted by atomic mass is 9.91. The summed E-state index contributed by atoms with van der Waals surface area (Å²) in [5, 5.41) is 8.66. The molecule has 0 saturated heterocycles. The summed E-state index contributed by atoms with van der Waals surface area (Å²) in [6.07, 6.45) is 0. The molecule has 0 spiro atoms. The standard InChI is InChI=1S/C33H22NO/c35-31(23-8-2-1-3-9-23)21-34-29-12-5-4-7-22(29)17-20-30(34)27-18-15-26-14-13-24-10-6-11-25-16-19-28(27)33(26)32(24)25/h1-20H,21H2/q+1. The zero-order valence-corrected chi connectivity index (χ0v) is 19.1. The van der Waals surface area contributed by atoms with Crippen molar-refractivity contribution in [3.05, 3.63) is 127 Å². The number of ketones is 1. The van der Waals surface area contributed by atoms with E-state index in [9.17, 15) is 4.79 Å². The van der Waals surface area contributed by atoms with E-state index in [-0.39, 0.29) is 12.3 Å². The first-order valence-corrected chi connectivity index (χ1v) is 11.9. The molecule has 2 nitrogen and oxygen atoms in total. The zero-order chi connectivity index (χ0) is 23.4. The van der Waals surface area contributed by atoms with Gasteiger partial charge in [0.1, 0.15) is 0 Å². The molecule has 7 aromatic rings. The number of rotatable bonds is 4. The predicted octanol–water partition coefficient (Wildman–Crippen LogP) is 7.57. The SMILES string of the molecule is O=C(C[n+]1c(-c2ccc3ccc4cccc5ccc2c3c45)ccc2ccccc21)c1ccccc1. The molecule has 0 bridgehead atoms. The predicted molar refractivity (Wildman–Crippen MR) is 144 cm³/mol. The minimum Gasteiger partial charge on any atom is -0.287 e. The molecule has 0 amide bonds. The minimum atomic E-state index is 0.103. The fourth-order valence-electron chi connectivity index (χ4n) is 5.49. The summed E-state index contributed by atoms with van der Waals surface area (Å²) >= 11 is 0. The third kappa shape index (κ3) is 3.11. The summed E-state index contributed by atoms with van der Waals surface area (Å²) < 4.78 is 2.18. The van der Waals surface area contributed by atoms with Gasteiger partial charge in [0.2, 0.25) is 23.5 Å². The summed E-state index contributed by atoms with van der Waals surface area (Å²) in [7, 11) is 0. The van der Waals surface area contributed by atoms with Crippen molar-refractivity contribution in [2.75, 3.05) is 0 Å². The van der Waals surface area contributed by atoms with Crippen LogP contribution in [0.15, 0.2) is 121 Å². The van der Waals surface area contributed by atoms with E-state index in [4.69, 9.17) is 0 Å². The number of carbonyl (C=O) groups excluding carboxylic acids is 1. The van der Waals surface area contributed by atoms with Crippen molar-refractivity contribution in [1.82, 2.24) is 0 Å². The van der Waals surface area contributed by atoms with Crippen LogP contribution in [-0.2, 0) is 6.54 Å². The van der Waals surface area contributed by atoms with Gasteiger partial charge < -0.3 is 0 Å². The molecule has 7 rings (SSSR count). The Bertz CT molecular complexity index is 1870. The van der Waals surface area contributed by atoms with E-state index in [0.717, 1.165) is 27.7 Å². The second-order valence-corrected chi connectivity index (χ2v) is 9.12. The fraction of sp³-hybridized carbons (Fsp3) is 0.0303. The summed E-state index contributed by atoms with van der Waals surface area (Å²) in [6, 6.07) is 41.9. The first-order chi connectivity index (χ1) is 17.3. The van der Waals surface area contributed by atoms with Gasteiger partial charge in [-0.3, -0.25) is 4.79 Å². The van der Waals surface area contributed by atoms with Gasteiger partial charge in [-0.25, -0.2) is 0 Å². The van der Waals surface area contributed by atoms with Gasteiger partial charge in [0.15, 0.2) is 0 Å². The van der Waals surface area contributed by atoms with E-state index in [1.54, 1.807) is 0 Å². The van der Waals surface area contributed by atoms with Crippen LogP contribution >= 0.6 is 0 Å². The Balaban J connectivity index is 1.52. The number of aromatic nitrogens is 1. The lowest BCUT2D eigenvalue weighted by Gasteiger charge is -2.14. The molecule has 6 aromatic carbocycles. The van der Waals surface area contributed by atoms with Gasteiger partial charge in [0.05, 0.1) is 5.56 Å². The Kier molecular flexibility index (Phi) is 4.40. The molecular formula is C33H22NO+. The number of carbonyl (C=O) groups is 1. The number of pyridine rings is 1. The highest BCUT2D eigenvalue weighted by Crippen LogP contribution is 2.38. The molecule has 0 N–H and O–H groups in total. The van der Waals surface area contributed by atoms with Gasteiger partial charge in [0, 0.05) is 23.1 Å². The molecule has 0 aliphatic heterocycles. The monoisotopic (exact) mass is 448 g/mol. The van der Waals surface area contributed by atoms with Gasteiger partial charge in [-0.1, -0.05) is 91.0 Å². The molecular weight excluding hydrogens is 426 g/mol. The lowest BCUT2D eigenvalue weighted by Crippen LogP contribution is -2.41. The fourth-order valence-corrected chi connectivity index (χ4v) is 5.49. The average molecular weight is 449 g/mol. The smallest absolute Gasteiger partial charge is 0.227 e. The highest BCUT2D eigenvalue weighted by Gasteiger charge is 2.23. The van der Waals surface area contributed by atoms with Crippen molar-refractivity contribution in [1.29, 1.82) is 0 Å². The quantitative estimate of drug-likeness (QED) is 0.154. The average Bonchev–Trinajstić information content (AvgIpc) is 2.92. The van der Waals surface area contributed by atoms with Crippen molar-refractivity contribution in [3.8, 4) is 11.3 Å². The van der Waals surface area contributed by atoms with E-state index >= 15 is 0 Å². The molecule has 0 aliphatic carbocycles. The molecule has 0 saturated carbocycles. The molecule has 0 radical (unpaired) electrons. The first-order valence-electron chi connectivity index (χ1n) is 11.9. The van der Waals surface area contributed by atoms with E-state index in [0.29, 0.717) is 0 Å². The van der Waals surface area contributed by atoms with Crippen molar-refractivity contribution in [3.63, 3.8) is 0 Å². The Morgan fingerprint density at radius 1 is 0.543 bits per heavy atom. The number of para-hydroxylation sites is 1. The van der Waals surface area contributed by atoms with Crippen LogP contribution in [0, 0.1) is 0 Å². The van der Waals surface area contributed by atoms with Crippen LogP contribution in [0.4, 0.5) is 0 Å². The molecule has 0 unspecified atom stereocenters. The van der Waals surface area contributed by atoms with Crippen molar-refractivity contribution in [2.24, 2.45) is 0 Å². The maximum absolute atomic E-state index is 13.4. The van der Waals surface area contributed by atoms with E-state index in [1.807, 2.05) is 42.5 Å². The van der Waals surface area contributed by atoms with Crippen LogP contribution in [0.3, 0.4) is 0 Å². The lowest BCUT2D eigenvalue weighted by molar-refractivity contribution is -0.645. The van der Waals surface area contributed by atoms with Crippen LogP contribution in [0.5, 0.6) is 0 Å². The summed E-state index contributed by atoms with van der Waals surface area (Å²) in [5.74, 6) is 0.103. The van der Waals surface area contributed by atoms with Gasteiger partial charge in [-0.05, 0) is 50.5 Å². The van der Waals surface area contributed by atoms with Crippen molar-refractivity contribution < 1.29 is 9.36 Å². The highest BCUT2D eigenvalue weighted by molar-refractivity contribution is 6.25. The Hall–Kier alpha value is -4.56. The summed E-state index contributed by atoms with van der Waals surface area (Å²) in [5.41, 5.74) is 3.97. The highest BCUT2D eigenvalue weighted by atomic mass is 16.1. The van der Waals surface area contributed by atoms with Crippen LogP contribution in [-0.4, -0.2) is 5.78 Å². The zero-order valence-electron chi connectivity index (χ0n) is 19.1. The van der Waals surface area contributed by atoms with Crippen LogP contribution in [0.1, 0.15) is 10.4 Å². The number of fused-ring (bicyclic) bond motifs is 1. The minimum absolute atomic E-state index is 0.103. The van der Waals surface area contributed by atoms with Gasteiger partial charge >= 0.3 is 0 Å². The van der Waals surface area contributed by atoms with E-state index in [2.05, 4.69) is 83.4 Å². The topological polar surface area (TPSA) is 20.9 Å². The normalized spacial score (nSPS) is 11.7. The van der Waals surface area contributed by atoms with Crippen molar-refractivity contribution >= 4 is 49.0 Å². The molecule has 1 heterocycles.